The molecule has 2 aromatic rings. The Morgan fingerprint density at radius 2 is 2.04 bits per heavy atom. The minimum absolute atomic E-state index is 0.221. The first kappa shape index (κ1) is 17.8. The van der Waals surface area contributed by atoms with Gasteiger partial charge in [0.15, 0.2) is 11.5 Å². The van der Waals surface area contributed by atoms with E-state index >= 15 is 0 Å². The number of anilines is 2. The van der Waals surface area contributed by atoms with Crippen LogP contribution in [0.25, 0.3) is 0 Å². The fourth-order valence-electron chi connectivity index (χ4n) is 2.38. The third-order valence-electron chi connectivity index (χ3n) is 3.66. The van der Waals surface area contributed by atoms with Crippen molar-refractivity contribution >= 4 is 17.4 Å². The Morgan fingerprint density at radius 3 is 2.67 bits per heavy atom. The fourth-order valence-corrected chi connectivity index (χ4v) is 2.38. The number of nitrogens with zero attached hydrogens (tertiary/aromatic N) is 2. The van der Waals surface area contributed by atoms with Gasteiger partial charge in [-0.05, 0) is 24.1 Å². The summed E-state index contributed by atoms with van der Waals surface area (Å²) in [7, 11) is 3.25. The highest BCUT2D eigenvalue weighted by atomic mass is 16.3. The molecule has 1 amide bonds. The van der Waals surface area contributed by atoms with Crippen molar-refractivity contribution in [2.24, 2.45) is 0 Å². The van der Waals surface area contributed by atoms with Gasteiger partial charge >= 0.3 is 0 Å². The summed E-state index contributed by atoms with van der Waals surface area (Å²) in [6.07, 6.45) is 1.51. The first-order valence-electron chi connectivity index (χ1n) is 7.76. The van der Waals surface area contributed by atoms with Crippen LogP contribution in [-0.4, -0.2) is 47.4 Å². The zero-order valence-corrected chi connectivity index (χ0v) is 13.9. The minimum atomic E-state index is -0.791. The van der Waals surface area contributed by atoms with Gasteiger partial charge in [-0.1, -0.05) is 12.1 Å². The van der Waals surface area contributed by atoms with Crippen molar-refractivity contribution in [3.8, 4) is 0 Å². The molecule has 1 atom stereocenters. The van der Waals surface area contributed by atoms with Gasteiger partial charge in [0.25, 0.3) is 5.91 Å². The van der Waals surface area contributed by atoms with Crippen molar-refractivity contribution in [1.82, 2.24) is 20.2 Å². The van der Waals surface area contributed by atoms with E-state index in [0.29, 0.717) is 18.1 Å². The lowest BCUT2D eigenvalue weighted by atomic mass is 10.1. The van der Waals surface area contributed by atoms with Gasteiger partial charge in [0, 0.05) is 26.3 Å². The smallest absolute Gasteiger partial charge is 0.271 e. The average Bonchev–Trinajstić information content (AvgIpc) is 2.98. The predicted octanol–water partition coefficient (Wildman–Crippen LogP) is 0.0173. The highest BCUT2D eigenvalue weighted by Gasteiger charge is 2.18. The molecular formula is C16H24N6O2. The third kappa shape index (κ3) is 4.46. The van der Waals surface area contributed by atoms with Crippen molar-refractivity contribution in [1.29, 1.82) is 0 Å². The van der Waals surface area contributed by atoms with Crippen LogP contribution in [0.3, 0.4) is 0 Å². The molecular weight excluding hydrogens is 308 g/mol. The van der Waals surface area contributed by atoms with Crippen molar-refractivity contribution in [2.45, 2.75) is 19.2 Å². The van der Waals surface area contributed by atoms with E-state index in [0.717, 1.165) is 17.7 Å². The summed E-state index contributed by atoms with van der Waals surface area (Å²) < 4.78 is 1.62. The Balaban J connectivity index is 1.90. The van der Waals surface area contributed by atoms with E-state index in [4.69, 9.17) is 5.73 Å². The first-order valence-corrected chi connectivity index (χ1v) is 7.76. The SMILES string of the molecule is CNC(=O)c1c(NC)ncn1CC(O)NCCc1ccc(N)cc1. The van der Waals surface area contributed by atoms with E-state index in [1.165, 1.54) is 6.33 Å². The summed E-state index contributed by atoms with van der Waals surface area (Å²) in [4.78, 5) is 16.1. The van der Waals surface area contributed by atoms with Crippen LogP contribution in [0, 0.1) is 0 Å². The molecule has 0 aliphatic rings. The molecule has 0 saturated carbocycles. The molecule has 6 N–H and O–H groups in total. The van der Waals surface area contributed by atoms with Crippen LogP contribution in [-0.2, 0) is 13.0 Å². The number of nitrogen functional groups attached to an aromatic ring is 1. The van der Waals surface area contributed by atoms with Gasteiger partial charge in [0.1, 0.15) is 6.23 Å². The lowest BCUT2D eigenvalue weighted by molar-refractivity contribution is 0.0938. The van der Waals surface area contributed by atoms with Gasteiger partial charge in [-0.25, -0.2) is 4.98 Å². The number of imidazole rings is 1. The second kappa shape index (κ2) is 8.32. The van der Waals surface area contributed by atoms with Gasteiger partial charge in [0.2, 0.25) is 0 Å². The van der Waals surface area contributed by atoms with Crippen LogP contribution < -0.4 is 21.7 Å². The standard InChI is InChI=1S/C16H24N6O2/c1-18-15-14(16(24)19-2)22(10-21-15)9-13(23)20-8-7-11-3-5-12(17)6-4-11/h3-6,10,13,18,20,23H,7-9,17H2,1-2H3,(H,19,24). The second-order valence-corrected chi connectivity index (χ2v) is 5.38. The largest absolute Gasteiger partial charge is 0.399 e. The number of carbonyl (C=O) groups excluding carboxylic acids is 1. The number of benzene rings is 1. The molecule has 0 aliphatic heterocycles. The number of hydrogen-bond acceptors (Lipinski definition) is 6. The molecule has 24 heavy (non-hydrogen) atoms. The van der Waals surface area contributed by atoms with E-state index < -0.39 is 6.23 Å². The molecule has 0 saturated heterocycles. The number of aliphatic hydroxyl groups is 1. The summed E-state index contributed by atoms with van der Waals surface area (Å²) in [5.41, 5.74) is 7.90. The molecule has 2 rings (SSSR count). The van der Waals surface area contributed by atoms with E-state index in [-0.39, 0.29) is 12.5 Å². The summed E-state index contributed by atoms with van der Waals surface area (Å²) in [5, 5.41) is 18.6. The first-order chi connectivity index (χ1) is 11.5. The van der Waals surface area contributed by atoms with E-state index in [1.54, 1.807) is 18.7 Å². The quantitative estimate of drug-likeness (QED) is 0.344. The topological polar surface area (TPSA) is 117 Å². The number of aromatic nitrogens is 2. The minimum Gasteiger partial charge on any atom is -0.399 e. The molecule has 0 fully saturated rings. The Kier molecular flexibility index (Phi) is 6.16. The number of carbonyl (C=O) groups is 1. The summed E-state index contributed by atoms with van der Waals surface area (Å²) in [6, 6.07) is 7.63. The van der Waals surface area contributed by atoms with E-state index in [2.05, 4.69) is 20.9 Å². The van der Waals surface area contributed by atoms with Gasteiger partial charge in [-0.2, -0.15) is 0 Å². The van der Waals surface area contributed by atoms with Crippen LogP contribution in [0.4, 0.5) is 11.5 Å². The monoisotopic (exact) mass is 332 g/mol. The van der Waals surface area contributed by atoms with E-state index in [1.807, 2.05) is 24.3 Å². The third-order valence-corrected chi connectivity index (χ3v) is 3.66. The molecule has 0 bridgehead atoms. The molecule has 0 aliphatic carbocycles. The molecule has 0 spiro atoms. The molecule has 1 heterocycles. The second-order valence-electron chi connectivity index (χ2n) is 5.38. The molecule has 1 aromatic heterocycles. The summed E-state index contributed by atoms with van der Waals surface area (Å²) in [6.45, 7) is 0.827. The van der Waals surface area contributed by atoms with Crippen molar-refractivity contribution in [2.75, 3.05) is 31.7 Å². The van der Waals surface area contributed by atoms with E-state index in [9.17, 15) is 9.90 Å². The molecule has 8 heteroatoms. The Labute approximate surface area is 141 Å². The van der Waals surface area contributed by atoms with Gasteiger partial charge in [-0.3, -0.25) is 10.1 Å². The normalized spacial score (nSPS) is 12.0. The lowest BCUT2D eigenvalue weighted by Crippen LogP contribution is -2.35. The van der Waals surface area contributed by atoms with Crippen LogP contribution >= 0.6 is 0 Å². The van der Waals surface area contributed by atoms with Crippen molar-refractivity contribution in [3.05, 3.63) is 41.9 Å². The highest BCUT2D eigenvalue weighted by molar-refractivity contribution is 5.97. The zero-order chi connectivity index (χ0) is 17.5. The highest BCUT2D eigenvalue weighted by Crippen LogP contribution is 2.13. The zero-order valence-electron chi connectivity index (χ0n) is 13.9. The molecule has 1 aromatic carbocycles. The van der Waals surface area contributed by atoms with Crippen LogP contribution in [0.2, 0.25) is 0 Å². The molecule has 1 unspecified atom stereocenters. The number of nitrogens with one attached hydrogen (secondary N) is 3. The number of aliphatic hydroxyl groups excluding tert-OH is 1. The Hall–Kier alpha value is -2.58. The van der Waals surface area contributed by atoms with Crippen LogP contribution in [0.15, 0.2) is 30.6 Å². The Bertz CT molecular complexity index is 668. The molecule has 130 valence electrons. The van der Waals surface area contributed by atoms with Crippen molar-refractivity contribution in [3.63, 3.8) is 0 Å². The molecule has 8 nitrogen and oxygen atoms in total. The van der Waals surface area contributed by atoms with Gasteiger partial charge in [0.05, 0.1) is 12.9 Å². The average molecular weight is 332 g/mol. The fraction of sp³-hybridized carbons (Fsp3) is 0.375. The summed E-state index contributed by atoms with van der Waals surface area (Å²) in [5.74, 6) is 0.217. The Morgan fingerprint density at radius 1 is 1.33 bits per heavy atom. The van der Waals surface area contributed by atoms with Crippen LogP contribution in [0.1, 0.15) is 16.1 Å². The van der Waals surface area contributed by atoms with Crippen LogP contribution in [0.5, 0.6) is 0 Å². The maximum absolute atomic E-state index is 12.0. The number of nitrogens with two attached hydrogens (primary N) is 1. The maximum atomic E-state index is 12.0. The number of rotatable bonds is 8. The summed E-state index contributed by atoms with van der Waals surface area (Å²) >= 11 is 0. The lowest BCUT2D eigenvalue weighted by Gasteiger charge is -2.15. The maximum Gasteiger partial charge on any atom is 0.271 e. The van der Waals surface area contributed by atoms with Gasteiger partial charge < -0.3 is 26.0 Å². The predicted molar refractivity (Wildman–Crippen MR) is 93.7 cm³/mol. The molecule has 0 radical (unpaired) electrons. The number of amides is 1. The van der Waals surface area contributed by atoms with Crippen molar-refractivity contribution < 1.29 is 9.90 Å². The van der Waals surface area contributed by atoms with Gasteiger partial charge in [-0.15, -0.1) is 0 Å². The number of hydrogen-bond donors (Lipinski definition) is 5.